The van der Waals surface area contributed by atoms with Gasteiger partial charge in [0.1, 0.15) is 11.4 Å². The van der Waals surface area contributed by atoms with Crippen molar-refractivity contribution in [3.8, 4) is 5.75 Å². The van der Waals surface area contributed by atoms with Crippen molar-refractivity contribution in [3.05, 3.63) is 47.2 Å². The van der Waals surface area contributed by atoms with Gasteiger partial charge in [-0.2, -0.15) is 0 Å². The molecule has 1 N–H and O–H groups in total. The molecule has 0 spiro atoms. The number of hydrogen-bond donors (Lipinski definition) is 1. The summed E-state index contributed by atoms with van der Waals surface area (Å²) in [5, 5.41) is 8.33. The van der Waals surface area contributed by atoms with Gasteiger partial charge in [-0.25, -0.2) is 4.98 Å². The highest BCUT2D eigenvalue weighted by molar-refractivity contribution is 7.22. The molecule has 0 unspecified atom stereocenters. The third-order valence-electron chi connectivity index (χ3n) is 4.33. The predicted octanol–water partition coefficient (Wildman–Crippen LogP) is 4.24. The maximum Gasteiger partial charge on any atom is 0.232 e. The van der Waals surface area contributed by atoms with Crippen LogP contribution in [0.15, 0.2) is 34.9 Å². The van der Waals surface area contributed by atoms with E-state index in [0.717, 1.165) is 32.5 Å². The largest absolute Gasteiger partial charge is 0.497 e. The van der Waals surface area contributed by atoms with E-state index in [9.17, 15) is 4.79 Å². The Balaban J connectivity index is 1.55. The van der Waals surface area contributed by atoms with E-state index in [1.54, 1.807) is 7.11 Å². The number of nitrogens with zero attached hydrogens (tertiary/aromatic N) is 2. The summed E-state index contributed by atoms with van der Waals surface area (Å²) in [6.07, 6.45) is 0.134. The van der Waals surface area contributed by atoms with Crippen LogP contribution in [0.2, 0.25) is 0 Å². The lowest BCUT2D eigenvalue weighted by Gasteiger charge is -2.01. The van der Waals surface area contributed by atoms with Crippen LogP contribution in [-0.4, -0.2) is 23.2 Å². The van der Waals surface area contributed by atoms with E-state index in [0.29, 0.717) is 16.4 Å². The highest BCUT2D eigenvalue weighted by Gasteiger charge is 2.15. The Kier molecular flexibility index (Phi) is 4.08. The van der Waals surface area contributed by atoms with Crippen molar-refractivity contribution in [3.63, 3.8) is 0 Å². The van der Waals surface area contributed by atoms with E-state index >= 15 is 0 Å². The summed E-state index contributed by atoms with van der Waals surface area (Å²) in [5.74, 6) is 0.586. The van der Waals surface area contributed by atoms with Crippen LogP contribution in [-0.2, 0) is 11.2 Å². The third kappa shape index (κ3) is 3.01. The van der Waals surface area contributed by atoms with Crippen molar-refractivity contribution in [2.75, 3.05) is 12.4 Å². The summed E-state index contributed by atoms with van der Waals surface area (Å²) < 4.78 is 11.5. The van der Waals surface area contributed by atoms with E-state index in [-0.39, 0.29) is 12.3 Å². The molecule has 0 atom stereocenters. The average molecular weight is 367 g/mol. The minimum atomic E-state index is -0.176. The van der Waals surface area contributed by atoms with Crippen LogP contribution in [0.4, 0.5) is 5.13 Å². The van der Waals surface area contributed by atoms with Gasteiger partial charge in [0.25, 0.3) is 0 Å². The van der Waals surface area contributed by atoms with Crippen LogP contribution in [0.1, 0.15) is 16.8 Å². The van der Waals surface area contributed by atoms with Crippen molar-refractivity contribution in [1.82, 2.24) is 10.1 Å². The van der Waals surface area contributed by atoms with Crippen LogP contribution in [0.25, 0.3) is 21.2 Å². The van der Waals surface area contributed by atoms with Gasteiger partial charge in [0.2, 0.25) is 5.91 Å². The van der Waals surface area contributed by atoms with Gasteiger partial charge in [-0.3, -0.25) is 4.79 Å². The molecular weight excluding hydrogens is 350 g/mol. The number of fused-ring (bicyclic) bond motifs is 2. The second kappa shape index (κ2) is 6.42. The van der Waals surface area contributed by atoms with E-state index in [2.05, 4.69) is 15.5 Å². The average Bonchev–Trinajstić information content (AvgIpc) is 3.18. The van der Waals surface area contributed by atoms with E-state index in [1.165, 1.54) is 11.3 Å². The minimum Gasteiger partial charge on any atom is -0.497 e. The minimum absolute atomic E-state index is 0.134. The summed E-state index contributed by atoms with van der Waals surface area (Å²) >= 11 is 1.41. The second-order valence-corrected chi connectivity index (χ2v) is 7.17. The van der Waals surface area contributed by atoms with Crippen molar-refractivity contribution in [1.29, 1.82) is 0 Å². The molecule has 4 rings (SSSR count). The molecule has 2 aromatic heterocycles. The Morgan fingerprint density at radius 2 is 2.04 bits per heavy atom. The van der Waals surface area contributed by atoms with Gasteiger partial charge in [-0.1, -0.05) is 16.5 Å². The molecule has 6 nitrogen and oxygen atoms in total. The maximum atomic E-state index is 12.4. The van der Waals surface area contributed by atoms with E-state index < -0.39 is 0 Å². The second-order valence-electron chi connectivity index (χ2n) is 6.14. The zero-order chi connectivity index (χ0) is 18.3. The molecule has 1 amide bonds. The molecule has 0 saturated heterocycles. The molecule has 7 heteroatoms. The SMILES string of the molecule is COc1ccc2nc(NC(=O)Cc3noc4cc(C)c(C)cc34)sc2c1. The Hall–Kier alpha value is -2.93. The van der Waals surface area contributed by atoms with E-state index in [4.69, 9.17) is 9.26 Å². The lowest BCUT2D eigenvalue weighted by Crippen LogP contribution is -2.14. The lowest BCUT2D eigenvalue weighted by atomic mass is 10.1. The van der Waals surface area contributed by atoms with Gasteiger partial charge in [0, 0.05) is 5.39 Å². The summed E-state index contributed by atoms with van der Waals surface area (Å²) in [6.45, 7) is 4.05. The van der Waals surface area contributed by atoms with Crippen LogP contribution in [0, 0.1) is 13.8 Å². The normalized spacial score (nSPS) is 11.2. The molecule has 0 saturated carbocycles. The number of carbonyl (C=O) groups excluding carboxylic acids is 1. The van der Waals surface area contributed by atoms with Crippen molar-refractivity contribution in [2.24, 2.45) is 0 Å². The zero-order valence-corrected chi connectivity index (χ0v) is 15.4. The number of ether oxygens (including phenoxy) is 1. The van der Waals surface area contributed by atoms with Gasteiger partial charge >= 0.3 is 0 Å². The quantitative estimate of drug-likeness (QED) is 0.584. The lowest BCUT2D eigenvalue weighted by molar-refractivity contribution is -0.115. The summed E-state index contributed by atoms with van der Waals surface area (Å²) in [5.41, 5.74) is 4.42. The molecule has 0 radical (unpaired) electrons. The molecule has 2 aromatic carbocycles. The molecule has 26 heavy (non-hydrogen) atoms. The molecular formula is C19H17N3O3S. The first-order valence-corrected chi connectivity index (χ1v) is 8.95. The zero-order valence-electron chi connectivity index (χ0n) is 14.6. The molecule has 0 aliphatic heterocycles. The van der Waals surface area contributed by atoms with Gasteiger partial charge in [-0.05, 0) is 55.3 Å². The number of aromatic nitrogens is 2. The standard InChI is InChI=1S/C19H17N3O3S/c1-10-6-13-15(22-25-16(13)7-11(10)2)9-18(23)21-19-20-14-5-4-12(24-3)8-17(14)26-19/h4-8H,9H2,1-3H3,(H,20,21,23). The molecule has 0 fully saturated rings. The molecule has 0 bridgehead atoms. The fraction of sp³-hybridized carbons (Fsp3) is 0.211. The first kappa shape index (κ1) is 16.5. The number of methoxy groups -OCH3 is 1. The highest BCUT2D eigenvalue weighted by Crippen LogP contribution is 2.29. The third-order valence-corrected chi connectivity index (χ3v) is 5.26. The van der Waals surface area contributed by atoms with Crippen molar-refractivity contribution < 1.29 is 14.1 Å². The number of benzene rings is 2. The summed E-state index contributed by atoms with van der Waals surface area (Å²) in [7, 11) is 1.62. The molecule has 132 valence electrons. The molecule has 0 aliphatic carbocycles. The first-order valence-electron chi connectivity index (χ1n) is 8.13. The first-order chi connectivity index (χ1) is 12.5. The topological polar surface area (TPSA) is 77.2 Å². The smallest absolute Gasteiger partial charge is 0.232 e. The Bertz CT molecular complexity index is 1130. The fourth-order valence-electron chi connectivity index (χ4n) is 2.77. The maximum absolute atomic E-state index is 12.4. The Morgan fingerprint density at radius 1 is 1.23 bits per heavy atom. The van der Waals surface area contributed by atoms with E-state index in [1.807, 2.05) is 44.2 Å². The van der Waals surface area contributed by atoms with Crippen molar-refractivity contribution >= 4 is 43.6 Å². The van der Waals surface area contributed by atoms with Gasteiger partial charge in [-0.15, -0.1) is 0 Å². The summed E-state index contributed by atoms with van der Waals surface area (Å²) in [4.78, 5) is 16.9. The van der Waals surface area contributed by atoms with Crippen LogP contribution in [0.5, 0.6) is 5.75 Å². The highest BCUT2D eigenvalue weighted by atomic mass is 32.1. The number of nitrogens with one attached hydrogen (secondary N) is 1. The fourth-order valence-corrected chi connectivity index (χ4v) is 3.68. The number of aryl methyl sites for hydroxylation is 2. The number of rotatable bonds is 4. The van der Waals surface area contributed by atoms with Crippen molar-refractivity contribution in [2.45, 2.75) is 20.3 Å². The van der Waals surface area contributed by atoms with Gasteiger partial charge < -0.3 is 14.6 Å². The predicted molar refractivity (Wildman–Crippen MR) is 102 cm³/mol. The van der Waals surface area contributed by atoms with Crippen LogP contribution < -0.4 is 10.1 Å². The van der Waals surface area contributed by atoms with Crippen LogP contribution in [0.3, 0.4) is 0 Å². The Morgan fingerprint density at radius 3 is 2.85 bits per heavy atom. The van der Waals surface area contributed by atoms with Gasteiger partial charge in [0.15, 0.2) is 10.7 Å². The molecule has 4 aromatic rings. The molecule has 2 heterocycles. The van der Waals surface area contributed by atoms with Gasteiger partial charge in [0.05, 0.1) is 23.7 Å². The summed E-state index contributed by atoms with van der Waals surface area (Å²) in [6, 6.07) is 9.57. The Labute approximate surface area is 153 Å². The number of amides is 1. The number of anilines is 1. The van der Waals surface area contributed by atoms with Crippen LogP contribution >= 0.6 is 11.3 Å². The monoisotopic (exact) mass is 367 g/mol. The number of thiazole rings is 1. The number of hydrogen-bond acceptors (Lipinski definition) is 6. The molecule has 0 aliphatic rings. The number of carbonyl (C=O) groups is 1.